The standard InChI is InChI=1S/C14H15NO4/c1-10(4-6-12-3-2-8-18-12)15-14(17)11-5-7-13(16)19-9-11/h2-3,5,7-10H,4,6H2,1H3,(H,15,17). The Hall–Kier alpha value is -2.30. The molecule has 0 radical (unpaired) electrons. The summed E-state index contributed by atoms with van der Waals surface area (Å²) in [6.07, 6.45) is 4.33. The van der Waals surface area contributed by atoms with Gasteiger partial charge in [0.25, 0.3) is 5.91 Å². The van der Waals surface area contributed by atoms with E-state index >= 15 is 0 Å². The zero-order valence-electron chi connectivity index (χ0n) is 10.6. The van der Waals surface area contributed by atoms with Crippen molar-refractivity contribution in [2.75, 3.05) is 0 Å². The van der Waals surface area contributed by atoms with Gasteiger partial charge in [-0.2, -0.15) is 0 Å². The molecule has 0 saturated carbocycles. The van der Waals surface area contributed by atoms with Gasteiger partial charge in [-0.1, -0.05) is 0 Å². The maximum Gasteiger partial charge on any atom is 0.335 e. The number of amides is 1. The van der Waals surface area contributed by atoms with Gasteiger partial charge in [0, 0.05) is 18.5 Å². The monoisotopic (exact) mass is 261 g/mol. The van der Waals surface area contributed by atoms with Crippen LogP contribution in [0.3, 0.4) is 0 Å². The van der Waals surface area contributed by atoms with Gasteiger partial charge in [-0.3, -0.25) is 4.79 Å². The van der Waals surface area contributed by atoms with Crippen LogP contribution in [0.4, 0.5) is 0 Å². The average molecular weight is 261 g/mol. The lowest BCUT2D eigenvalue weighted by atomic mass is 10.1. The van der Waals surface area contributed by atoms with Crippen molar-refractivity contribution in [1.29, 1.82) is 0 Å². The van der Waals surface area contributed by atoms with Crippen LogP contribution >= 0.6 is 0 Å². The van der Waals surface area contributed by atoms with Crippen molar-refractivity contribution in [2.24, 2.45) is 0 Å². The van der Waals surface area contributed by atoms with Crippen LogP contribution in [0.15, 0.2) is 50.4 Å². The van der Waals surface area contributed by atoms with Crippen molar-refractivity contribution in [3.63, 3.8) is 0 Å². The first-order chi connectivity index (χ1) is 9.15. The van der Waals surface area contributed by atoms with E-state index in [-0.39, 0.29) is 11.9 Å². The SMILES string of the molecule is CC(CCc1ccco1)NC(=O)c1ccc(=O)oc1. The van der Waals surface area contributed by atoms with Crippen LogP contribution in [-0.4, -0.2) is 11.9 Å². The molecule has 0 aliphatic carbocycles. The first kappa shape index (κ1) is 13.1. The molecule has 1 unspecified atom stereocenters. The number of hydrogen-bond acceptors (Lipinski definition) is 4. The van der Waals surface area contributed by atoms with Gasteiger partial charge in [0.05, 0.1) is 11.8 Å². The molecule has 0 bridgehead atoms. The van der Waals surface area contributed by atoms with E-state index in [1.807, 2.05) is 19.1 Å². The van der Waals surface area contributed by atoms with E-state index in [1.165, 1.54) is 12.1 Å². The Bertz CT molecular complexity index is 565. The summed E-state index contributed by atoms with van der Waals surface area (Å²) in [5, 5.41) is 2.84. The minimum absolute atomic E-state index is 0.00419. The van der Waals surface area contributed by atoms with E-state index in [0.717, 1.165) is 24.9 Å². The molecule has 1 amide bonds. The van der Waals surface area contributed by atoms with E-state index < -0.39 is 5.63 Å². The fourth-order valence-corrected chi connectivity index (χ4v) is 1.68. The molecule has 19 heavy (non-hydrogen) atoms. The lowest BCUT2D eigenvalue weighted by Gasteiger charge is -2.12. The Labute approximate surface area is 110 Å². The zero-order chi connectivity index (χ0) is 13.7. The third-order valence-electron chi connectivity index (χ3n) is 2.74. The summed E-state index contributed by atoms with van der Waals surface area (Å²) in [7, 11) is 0. The Morgan fingerprint density at radius 3 is 2.79 bits per heavy atom. The molecule has 5 nitrogen and oxygen atoms in total. The predicted octanol–water partition coefficient (Wildman–Crippen LogP) is 1.98. The lowest BCUT2D eigenvalue weighted by molar-refractivity contribution is 0.0935. The van der Waals surface area contributed by atoms with E-state index in [0.29, 0.717) is 5.56 Å². The molecule has 0 aromatic carbocycles. The second-order valence-electron chi connectivity index (χ2n) is 4.34. The number of carbonyl (C=O) groups excluding carboxylic acids is 1. The quantitative estimate of drug-likeness (QED) is 0.893. The predicted molar refractivity (Wildman–Crippen MR) is 68.9 cm³/mol. The third kappa shape index (κ3) is 3.84. The molecule has 1 atom stereocenters. The van der Waals surface area contributed by atoms with Crippen LogP contribution in [0, 0.1) is 0 Å². The summed E-state index contributed by atoms with van der Waals surface area (Å²) in [5.74, 6) is 0.641. The van der Waals surface area contributed by atoms with E-state index in [1.54, 1.807) is 6.26 Å². The highest BCUT2D eigenvalue weighted by atomic mass is 16.4. The minimum Gasteiger partial charge on any atom is -0.469 e. The van der Waals surface area contributed by atoms with Crippen LogP contribution in [0.1, 0.15) is 29.5 Å². The van der Waals surface area contributed by atoms with Gasteiger partial charge in [0.2, 0.25) is 0 Å². The van der Waals surface area contributed by atoms with Crippen LogP contribution in [-0.2, 0) is 6.42 Å². The van der Waals surface area contributed by atoms with Gasteiger partial charge >= 0.3 is 5.63 Å². The minimum atomic E-state index is -0.470. The van der Waals surface area contributed by atoms with E-state index in [4.69, 9.17) is 4.42 Å². The highest BCUT2D eigenvalue weighted by Crippen LogP contribution is 2.06. The van der Waals surface area contributed by atoms with Gasteiger partial charge in [-0.05, 0) is 31.5 Å². The number of hydrogen-bond donors (Lipinski definition) is 1. The lowest BCUT2D eigenvalue weighted by Crippen LogP contribution is -2.33. The molecule has 0 fully saturated rings. The van der Waals surface area contributed by atoms with E-state index in [9.17, 15) is 9.59 Å². The molecule has 2 heterocycles. The highest BCUT2D eigenvalue weighted by Gasteiger charge is 2.11. The van der Waals surface area contributed by atoms with Gasteiger partial charge in [-0.15, -0.1) is 0 Å². The van der Waals surface area contributed by atoms with Crippen molar-refractivity contribution in [2.45, 2.75) is 25.8 Å². The number of aryl methyl sites for hydroxylation is 1. The summed E-state index contributed by atoms with van der Waals surface area (Å²) in [6, 6.07) is 6.41. The van der Waals surface area contributed by atoms with Crippen molar-refractivity contribution in [1.82, 2.24) is 5.32 Å². The maximum absolute atomic E-state index is 11.8. The van der Waals surface area contributed by atoms with Crippen LogP contribution in [0.2, 0.25) is 0 Å². The highest BCUT2D eigenvalue weighted by molar-refractivity contribution is 5.93. The molecule has 0 saturated heterocycles. The second kappa shape index (κ2) is 6.04. The summed E-state index contributed by atoms with van der Waals surface area (Å²) < 4.78 is 9.87. The molecule has 2 aromatic rings. The Morgan fingerprint density at radius 1 is 1.32 bits per heavy atom. The molecule has 1 N–H and O–H groups in total. The molecule has 2 rings (SSSR count). The second-order valence-corrected chi connectivity index (χ2v) is 4.34. The Kier molecular flexibility index (Phi) is 4.18. The fourth-order valence-electron chi connectivity index (χ4n) is 1.68. The topological polar surface area (TPSA) is 72.5 Å². The maximum atomic E-state index is 11.8. The summed E-state index contributed by atoms with van der Waals surface area (Å²) >= 11 is 0. The average Bonchev–Trinajstić information content (AvgIpc) is 2.90. The molecular formula is C14H15NO4. The summed E-state index contributed by atoms with van der Waals surface area (Å²) in [6.45, 7) is 1.92. The number of nitrogens with one attached hydrogen (secondary N) is 1. The number of furan rings is 1. The molecule has 2 aromatic heterocycles. The first-order valence-electron chi connectivity index (χ1n) is 6.07. The Morgan fingerprint density at radius 2 is 2.16 bits per heavy atom. The smallest absolute Gasteiger partial charge is 0.335 e. The normalized spacial score (nSPS) is 12.1. The third-order valence-corrected chi connectivity index (χ3v) is 2.74. The largest absolute Gasteiger partial charge is 0.469 e. The molecule has 100 valence electrons. The Balaban J connectivity index is 1.84. The zero-order valence-corrected chi connectivity index (χ0v) is 10.6. The van der Waals surface area contributed by atoms with Gasteiger partial charge in [-0.25, -0.2) is 4.79 Å². The van der Waals surface area contributed by atoms with Gasteiger partial charge < -0.3 is 14.2 Å². The molecule has 0 aliphatic heterocycles. The molecule has 5 heteroatoms. The fraction of sp³-hybridized carbons (Fsp3) is 0.286. The van der Waals surface area contributed by atoms with E-state index in [2.05, 4.69) is 9.73 Å². The van der Waals surface area contributed by atoms with Crippen LogP contribution in [0.5, 0.6) is 0 Å². The van der Waals surface area contributed by atoms with Crippen molar-refractivity contribution >= 4 is 5.91 Å². The molecule has 0 aliphatic rings. The molecule has 0 spiro atoms. The number of carbonyl (C=O) groups is 1. The molecular weight excluding hydrogens is 246 g/mol. The van der Waals surface area contributed by atoms with Gasteiger partial charge in [0.1, 0.15) is 12.0 Å². The summed E-state index contributed by atoms with van der Waals surface area (Å²) in [5.41, 5.74) is -0.133. The summed E-state index contributed by atoms with van der Waals surface area (Å²) in [4.78, 5) is 22.6. The van der Waals surface area contributed by atoms with Crippen molar-refractivity contribution in [3.8, 4) is 0 Å². The number of rotatable bonds is 5. The van der Waals surface area contributed by atoms with Crippen LogP contribution < -0.4 is 10.9 Å². The van der Waals surface area contributed by atoms with Crippen LogP contribution in [0.25, 0.3) is 0 Å². The van der Waals surface area contributed by atoms with Gasteiger partial charge in [0.15, 0.2) is 0 Å². The first-order valence-corrected chi connectivity index (χ1v) is 6.07. The van der Waals surface area contributed by atoms with Crippen molar-refractivity contribution < 1.29 is 13.6 Å². The van der Waals surface area contributed by atoms with Crippen molar-refractivity contribution in [3.05, 3.63) is 58.5 Å².